The van der Waals surface area contributed by atoms with E-state index in [0.717, 1.165) is 32.6 Å². The summed E-state index contributed by atoms with van der Waals surface area (Å²) in [6.45, 7) is 4.48. The first-order valence-electron chi connectivity index (χ1n) is 5.54. The van der Waals surface area contributed by atoms with Gasteiger partial charge >= 0.3 is 0 Å². The maximum Gasteiger partial charge on any atom is 0.165 e. The van der Waals surface area contributed by atoms with Crippen LogP contribution in [0.2, 0.25) is 0 Å². The molecule has 0 aliphatic carbocycles. The van der Waals surface area contributed by atoms with Gasteiger partial charge in [0.15, 0.2) is 11.6 Å². The van der Waals surface area contributed by atoms with Crippen molar-refractivity contribution in [2.75, 3.05) is 25.1 Å². The first kappa shape index (κ1) is 11.3. The van der Waals surface area contributed by atoms with Gasteiger partial charge in [0.1, 0.15) is 0 Å². The summed E-state index contributed by atoms with van der Waals surface area (Å²) in [5.74, 6) is -0.0374. The van der Waals surface area contributed by atoms with Gasteiger partial charge in [-0.05, 0) is 30.4 Å². The highest BCUT2D eigenvalue weighted by Crippen LogP contribution is 2.29. The molecule has 1 saturated heterocycles. The lowest BCUT2D eigenvalue weighted by Crippen LogP contribution is -2.33. The molecule has 1 aliphatic heterocycles. The smallest absolute Gasteiger partial charge is 0.165 e. The number of nitrogens with one attached hydrogen (secondary N) is 1. The molecule has 0 amide bonds. The fraction of sp³-hybridized carbons (Fsp3) is 0.583. The van der Waals surface area contributed by atoms with E-state index in [1.807, 2.05) is 0 Å². The summed E-state index contributed by atoms with van der Waals surface area (Å²) in [5.41, 5.74) is 0.169. The molecule has 0 atom stereocenters. The van der Waals surface area contributed by atoms with Crippen LogP contribution in [0.25, 0.3) is 0 Å². The van der Waals surface area contributed by atoms with Gasteiger partial charge in [-0.25, -0.2) is 9.37 Å². The van der Waals surface area contributed by atoms with Crippen LogP contribution in [0.1, 0.15) is 19.8 Å². The quantitative estimate of drug-likeness (QED) is 0.853. The lowest BCUT2D eigenvalue weighted by Gasteiger charge is -2.33. The predicted molar refractivity (Wildman–Crippen MR) is 59.7 cm³/mol. The van der Waals surface area contributed by atoms with Crippen LogP contribution in [0, 0.1) is 17.4 Å². The van der Waals surface area contributed by atoms with E-state index in [1.165, 1.54) is 12.1 Å². The third-order valence-electron chi connectivity index (χ3n) is 3.09. The van der Waals surface area contributed by atoms with Crippen molar-refractivity contribution < 1.29 is 9.13 Å². The van der Waals surface area contributed by atoms with E-state index in [2.05, 4.69) is 23.4 Å². The van der Waals surface area contributed by atoms with Crippen LogP contribution in [0.3, 0.4) is 0 Å². The van der Waals surface area contributed by atoms with E-state index in [0.29, 0.717) is 0 Å². The lowest BCUT2D eigenvalue weighted by molar-refractivity contribution is 0.0299. The second-order valence-corrected chi connectivity index (χ2v) is 4.55. The van der Waals surface area contributed by atoms with Crippen molar-refractivity contribution in [3.05, 3.63) is 24.1 Å². The summed E-state index contributed by atoms with van der Waals surface area (Å²) >= 11 is 0. The Kier molecular flexibility index (Phi) is 3.39. The molecule has 87 valence electrons. The molecule has 1 radical (unpaired) electrons. The Bertz CT molecular complexity index is 351. The largest absolute Gasteiger partial charge is 0.381 e. The summed E-state index contributed by atoms with van der Waals surface area (Å²) in [5, 5.41) is 3.05. The van der Waals surface area contributed by atoms with Crippen molar-refractivity contribution in [2.24, 2.45) is 5.41 Å². The number of pyridine rings is 1. The average Bonchev–Trinajstić information content (AvgIpc) is 2.29. The van der Waals surface area contributed by atoms with Crippen molar-refractivity contribution in [1.29, 1.82) is 0 Å². The minimum Gasteiger partial charge on any atom is -0.381 e. The Labute approximate surface area is 95.0 Å². The van der Waals surface area contributed by atoms with Crippen molar-refractivity contribution in [3.63, 3.8) is 0 Å². The van der Waals surface area contributed by atoms with Gasteiger partial charge in [-0.1, -0.05) is 6.92 Å². The molecule has 0 aromatic carbocycles. The molecule has 16 heavy (non-hydrogen) atoms. The average molecular weight is 223 g/mol. The van der Waals surface area contributed by atoms with Crippen molar-refractivity contribution >= 4 is 5.82 Å². The summed E-state index contributed by atoms with van der Waals surface area (Å²) in [4.78, 5) is 3.85. The molecule has 0 bridgehead atoms. The normalized spacial score (nSPS) is 19.4. The Hall–Kier alpha value is -1.16. The molecule has 2 heterocycles. The van der Waals surface area contributed by atoms with Gasteiger partial charge in [0.25, 0.3) is 0 Å². The van der Waals surface area contributed by atoms with Crippen LogP contribution in [0.5, 0.6) is 0 Å². The van der Waals surface area contributed by atoms with E-state index in [4.69, 9.17) is 4.74 Å². The van der Waals surface area contributed by atoms with Crippen LogP contribution in [0.4, 0.5) is 10.2 Å². The standard InChI is InChI=1S/C12H16FN2O/c1-12(4-7-16-8-5-12)9-15-11-10(13)3-2-6-14-11/h2-3H,4-5,7-9H2,1H3,(H,14,15). The zero-order valence-electron chi connectivity index (χ0n) is 9.42. The number of aromatic nitrogens is 1. The molecular formula is C12H16FN2O. The zero-order valence-corrected chi connectivity index (χ0v) is 9.42. The van der Waals surface area contributed by atoms with Gasteiger partial charge < -0.3 is 10.1 Å². The molecular weight excluding hydrogens is 207 g/mol. The lowest BCUT2D eigenvalue weighted by atomic mass is 9.82. The van der Waals surface area contributed by atoms with Crippen LogP contribution >= 0.6 is 0 Å². The number of ether oxygens (including phenoxy) is 1. The highest BCUT2D eigenvalue weighted by Gasteiger charge is 2.27. The SMILES string of the molecule is CC1(CNc2n[c]ccc2F)CCOCC1. The minimum absolute atomic E-state index is 0.169. The molecule has 1 aromatic rings. The Morgan fingerprint density at radius 1 is 1.56 bits per heavy atom. The second-order valence-electron chi connectivity index (χ2n) is 4.55. The molecule has 3 nitrogen and oxygen atoms in total. The van der Waals surface area contributed by atoms with Gasteiger partial charge in [0, 0.05) is 19.8 Å². The molecule has 0 spiro atoms. The van der Waals surface area contributed by atoms with Crippen LogP contribution < -0.4 is 5.32 Å². The molecule has 1 aliphatic rings. The van der Waals surface area contributed by atoms with Gasteiger partial charge in [0.2, 0.25) is 0 Å². The van der Waals surface area contributed by atoms with E-state index >= 15 is 0 Å². The molecule has 1 fully saturated rings. The van der Waals surface area contributed by atoms with Crippen molar-refractivity contribution in [2.45, 2.75) is 19.8 Å². The van der Waals surface area contributed by atoms with Gasteiger partial charge in [-0.3, -0.25) is 0 Å². The highest BCUT2D eigenvalue weighted by molar-refractivity contribution is 5.35. The third kappa shape index (κ3) is 2.70. The maximum atomic E-state index is 13.3. The molecule has 4 heteroatoms. The third-order valence-corrected chi connectivity index (χ3v) is 3.09. The number of halogens is 1. The fourth-order valence-corrected chi connectivity index (χ4v) is 1.81. The minimum atomic E-state index is -0.325. The van der Waals surface area contributed by atoms with E-state index in [9.17, 15) is 4.39 Å². The first-order chi connectivity index (χ1) is 7.70. The second kappa shape index (κ2) is 4.78. The molecule has 1 aromatic heterocycles. The molecule has 0 saturated carbocycles. The van der Waals surface area contributed by atoms with Crippen LogP contribution in [0.15, 0.2) is 12.1 Å². The number of hydrogen-bond donors (Lipinski definition) is 1. The number of nitrogens with zero attached hydrogens (tertiary/aromatic N) is 1. The molecule has 0 unspecified atom stereocenters. The predicted octanol–water partition coefficient (Wildman–Crippen LogP) is 2.25. The Morgan fingerprint density at radius 3 is 3.00 bits per heavy atom. The summed E-state index contributed by atoms with van der Waals surface area (Å²) < 4.78 is 18.6. The number of hydrogen-bond acceptors (Lipinski definition) is 3. The highest BCUT2D eigenvalue weighted by atomic mass is 19.1. The number of rotatable bonds is 3. The fourth-order valence-electron chi connectivity index (χ4n) is 1.81. The summed E-state index contributed by atoms with van der Waals surface area (Å²) in [7, 11) is 0. The van der Waals surface area contributed by atoms with Crippen LogP contribution in [-0.4, -0.2) is 24.7 Å². The van der Waals surface area contributed by atoms with Gasteiger partial charge in [0.05, 0.1) is 6.20 Å². The topological polar surface area (TPSA) is 34.2 Å². The Balaban J connectivity index is 1.94. The van der Waals surface area contributed by atoms with E-state index in [1.54, 1.807) is 0 Å². The van der Waals surface area contributed by atoms with Gasteiger partial charge in [-0.2, -0.15) is 0 Å². The molecule has 2 rings (SSSR count). The monoisotopic (exact) mass is 223 g/mol. The zero-order chi connectivity index (χ0) is 11.4. The number of anilines is 1. The Morgan fingerprint density at radius 2 is 2.31 bits per heavy atom. The van der Waals surface area contributed by atoms with Crippen LogP contribution in [-0.2, 0) is 4.74 Å². The van der Waals surface area contributed by atoms with E-state index in [-0.39, 0.29) is 17.1 Å². The van der Waals surface area contributed by atoms with E-state index < -0.39 is 0 Å². The molecule has 1 N–H and O–H groups in total. The maximum absolute atomic E-state index is 13.3. The summed E-state index contributed by atoms with van der Waals surface area (Å²) in [6.07, 6.45) is 4.62. The van der Waals surface area contributed by atoms with Crippen molar-refractivity contribution in [1.82, 2.24) is 4.98 Å². The summed E-state index contributed by atoms with van der Waals surface area (Å²) in [6, 6.07) is 2.83. The van der Waals surface area contributed by atoms with Gasteiger partial charge in [-0.15, -0.1) is 0 Å². The first-order valence-corrected chi connectivity index (χ1v) is 5.54. The van der Waals surface area contributed by atoms with Crippen molar-refractivity contribution in [3.8, 4) is 0 Å².